The summed E-state index contributed by atoms with van der Waals surface area (Å²) >= 11 is 3.48. The van der Waals surface area contributed by atoms with Gasteiger partial charge in [-0.25, -0.2) is 9.97 Å². The van der Waals surface area contributed by atoms with Crippen molar-refractivity contribution in [2.24, 2.45) is 0 Å². The van der Waals surface area contributed by atoms with Crippen molar-refractivity contribution in [1.29, 1.82) is 0 Å². The zero-order valence-electron chi connectivity index (χ0n) is 9.49. The summed E-state index contributed by atoms with van der Waals surface area (Å²) < 4.78 is 0.823. The molecule has 0 aromatic carbocycles. The van der Waals surface area contributed by atoms with Crippen LogP contribution in [-0.4, -0.2) is 22.6 Å². The lowest BCUT2D eigenvalue weighted by atomic mass is 10.1. The maximum atomic E-state index is 5.79. The number of aromatic nitrogens is 2. The molecule has 2 N–H and O–H groups in total. The van der Waals surface area contributed by atoms with E-state index in [4.69, 9.17) is 5.73 Å². The Morgan fingerprint density at radius 3 is 3.00 bits per heavy atom. The van der Waals surface area contributed by atoms with Crippen LogP contribution in [0.3, 0.4) is 0 Å². The van der Waals surface area contributed by atoms with Crippen molar-refractivity contribution >= 4 is 27.6 Å². The minimum absolute atomic E-state index is 0.515. The molecule has 1 aromatic rings. The molecule has 0 aliphatic carbocycles. The van der Waals surface area contributed by atoms with Crippen LogP contribution in [0.15, 0.2) is 10.8 Å². The SMILES string of the molecule is CC1CCCCCN1c1ncnc(N)c1Br. The van der Waals surface area contributed by atoms with Gasteiger partial charge in [0.2, 0.25) is 0 Å². The van der Waals surface area contributed by atoms with Gasteiger partial charge in [-0.2, -0.15) is 0 Å². The molecule has 1 aliphatic rings. The van der Waals surface area contributed by atoms with Gasteiger partial charge in [0, 0.05) is 12.6 Å². The Hall–Kier alpha value is -0.840. The van der Waals surface area contributed by atoms with E-state index in [1.165, 1.54) is 32.0 Å². The van der Waals surface area contributed by atoms with Gasteiger partial charge >= 0.3 is 0 Å². The van der Waals surface area contributed by atoms with Gasteiger partial charge in [0.15, 0.2) is 0 Å². The zero-order valence-corrected chi connectivity index (χ0v) is 11.1. The Labute approximate surface area is 104 Å². The molecule has 0 radical (unpaired) electrons. The standard InChI is InChI=1S/C11H17BrN4/c1-8-5-3-2-4-6-16(8)11-9(12)10(13)14-7-15-11/h7-8H,2-6H2,1H3,(H2,13,14,15). The van der Waals surface area contributed by atoms with E-state index in [9.17, 15) is 0 Å². The Balaban J connectivity index is 2.30. The van der Waals surface area contributed by atoms with Crippen LogP contribution in [-0.2, 0) is 0 Å². The van der Waals surface area contributed by atoms with Crippen LogP contribution in [0, 0.1) is 0 Å². The minimum atomic E-state index is 0.515. The van der Waals surface area contributed by atoms with E-state index >= 15 is 0 Å². The molecule has 1 atom stereocenters. The summed E-state index contributed by atoms with van der Waals surface area (Å²) in [6.07, 6.45) is 6.58. The van der Waals surface area contributed by atoms with Gasteiger partial charge in [0.1, 0.15) is 22.4 Å². The third-order valence-corrected chi connectivity index (χ3v) is 3.88. The topological polar surface area (TPSA) is 55.0 Å². The quantitative estimate of drug-likeness (QED) is 0.861. The summed E-state index contributed by atoms with van der Waals surface area (Å²) in [4.78, 5) is 10.6. The fourth-order valence-corrected chi connectivity index (χ4v) is 2.60. The van der Waals surface area contributed by atoms with Crippen molar-refractivity contribution < 1.29 is 0 Å². The monoisotopic (exact) mass is 284 g/mol. The third kappa shape index (κ3) is 2.29. The fraction of sp³-hybridized carbons (Fsp3) is 0.636. The maximum absolute atomic E-state index is 5.79. The summed E-state index contributed by atoms with van der Waals surface area (Å²) in [5.41, 5.74) is 5.79. The van der Waals surface area contributed by atoms with Crippen LogP contribution < -0.4 is 10.6 Å². The molecule has 1 fully saturated rings. The van der Waals surface area contributed by atoms with Crippen LogP contribution in [0.1, 0.15) is 32.6 Å². The molecule has 1 aliphatic heterocycles. The molecule has 0 saturated carbocycles. The highest BCUT2D eigenvalue weighted by molar-refractivity contribution is 9.10. The van der Waals surface area contributed by atoms with Crippen LogP contribution >= 0.6 is 15.9 Å². The second-order valence-electron chi connectivity index (χ2n) is 4.29. The number of hydrogen-bond donors (Lipinski definition) is 1. The van der Waals surface area contributed by atoms with E-state index in [0.29, 0.717) is 11.9 Å². The lowest BCUT2D eigenvalue weighted by Crippen LogP contribution is -2.33. The Bertz CT molecular complexity index is 369. The normalized spacial score (nSPS) is 21.9. The lowest BCUT2D eigenvalue weighted by Gasteiger charge is -2.29. The predicted octanol–water partition coefficient (Wildman–Crippen LogP) is 2.59. The molecule has 5 heteroatoms. The largest absolute Gasteiger partial charge is 0.383 e. The van der Waals surface area contributed by atoms with Gasteiger partial charge in [-0.3, -0.25) is 0 Å². The first kappa shape index (κ1) is 11.6. The van der Waals surface area contributed by atoms with Gasteiger partial charge in [-0.15, -0.1) is 0 Å². The highest BCUT2D eigenvalue weighted by Gasteiger charge is 2.21. The van der Waals surface area contributed by atoms with E-state index in [1.807, 2.05) is 0 Å². The van der Waals surface area contributed by atoms with Gasteiger partial charge in [-0.1, -0.05) is 12.8 Å². The van der Waals surface area contributed by atoms with E-state index in [0.717, 1.165) is 16.8 Å². The molecule has 0 spiro atoms. The first-order valence-electron chi connectivity index (χ1n) is 5.72. The van der Waals surface area contributed by atoms with E-state index in [2.05, 4.69) is 37.7 Å². The number of nitrogen functional groups attached to an aromatic ring is 1. The smallest absolute Gasteiger partial charge is 0.148 e. The van der Waals surface area contributed by atoms with Crippen molar-refractivity contribution in [2.75, 3.05) is 17.2 Å². The molecule has 2 heterocycles. The number of anilines is 2. The molecule has 0 amide bonds. The van der Waals surface area contributed by atoms with Gasteiger partial charge < -0.3 is 10.6 Å². The molecule has 4 nitrogen and oxygen atoms in total. The van der Waals surface area contributed by atoms with Crippen molar-refractivity contribution in [2.45, 2.75) is 38.6 Å². The summed E-state index contributed by atoms with van der Waals surface area (Å²) in [5.74, 6) is 1.45. The van der Waals surface area contributed by atoms with Gasteiger partial charge in [0.25, 0.3) is 0 Å². The van der Waals surface area contributed by atoms with E-state index < -0.39 is 0 Å². The summed E-state index contributed by atoms with van der Waals surface area (Å²) in [6, 6.07) is 0.521. The number of nitrogens with two attached hydrogens (primary N) is 1. The van der Waals surface area contributed by atoms with Gasteiger partial charge in [-0.05, 0) is 35.7 Å². The molecule has 1 saturated heterocycles. The number of rotatable bonds is 1. The molecule has 88 valence electrons. The van der Waals surface area contributed by atoms with Crippen molar-refractivity contribution in [1.82, 2.24) is 9.97 Å². The van der Waals surface area contributed by atoms with Crippen molar-refractivity contribution in [3.05, 3.63) is 10.8 Å². The summed E-state index contributed by atoms with van der Waals surface area (Å²) in [5, 5.41) is 0. The van der Waals surface area contributed by atoms with Crippen molar-refractivity contribution in [3.8, 4) is 0 Å². The molecule has 16 heavy (non-hydrogen) atoms. The first-order chi connectivity index (χ1) is 7.70. The van der Waals surface area contributed by atoms with Crippen LogP contribution in [0.4, 0.5) is 11.6 Å². The fourth-order valence-electron chi connectivity index (χ4n) is 2.16. The Morgan fingerprint density at radius 1 is 1.38 bits per heavy atom. The number of halogens is 1. The number of hydrogen-bond acceptors (Lipinski definition) is 4. The highest BCUT2D eigenvalue weighted by atomic mass is 79.9. The van der Waals surface area contributed by atoms with Gasteiger partial charge in [0.05, 0.1) is 0 Å². The average molecular weight is 285 g/mol. The number of nitrogens with zero attached hydrogens (tertiary/aromatic N) is 3. The third-order valence-electron chi connectivity index (χ3n) is 3.12. The first-order valence-corrected chi connectivity index (χ1v) is 6.52. The van der Waals surface area contributed by atoms with Crippen LogP contribution in [0.5, 0.6) is 0 Å². The second kappa shape index (κ2) is 4.99. The Kier molecular flexibility index (Phi) is 3.63. The average Bonchev–Trinajstić information content (AvgIpc) is 2.47. The predicted molar refractivity (Wildman–Crippen MR) is 69.4 cm³/mol. The summed E-state index contributed by atoms with van der Waals surface area (Å²) in [6.45, 7) is 3.30. The van der Waals surface area contributed by atoms with Crippen molar-refractivity contribution in [3.63, 3.8) is 0 Å². The van der Waals surface area contributed by atoms with Crippen LogP contribution in [0.2, 0.25) is 0 Å². The lowest BCUT2D eigenvalue weighted by molar-refractivity contribution is 0.610. The molecule has 2 rings (SSSR count). The molecular formula is C11H17BrN4. The molecule has 0 bridgehead atoms. The van der Waals surface area contributed by atoms with E-state index in [1.54, 1.807) is 0 Å². The van der Waals surface area contributed by atoms with E-state index in [-0.39, 0.29) is 0 Å². The maximum Gasteiger partial charge on any atom is 0.148 e. The molecule has 1 unspecified atom stereocenters. The zero-order chi connectivity index (χ0) is 11.5. The summed E-state index contributed by atoms with van der Waals surface area (Å²) in [7, 11) is 0. The second-order valence-corrected chi connectivity index (χ2v) is 5.08. The highest BCUT2D eigenvalue weighted by Crippen LogP contribution is 2.31. The molecule has 1 aromatic heterocycles. The minimum Gasteiger partial charge on any atom is -0.383 e. The Morgan fingerprint density at radius 2 is 2.19 bits per heavy atom. The van der Waals surface area contributed by atoms with Crippen LogP contribution in [0.25, 0.3) is 0 Å². The molecular weight excluding hydrogens is 268 g/mol.